The molecule has 3 atom stereocenters. The Balaban J connectivity index is 1.32. The highest BCUT2D eigenvalue weighted by Crippen LogP contribution is 2.41. The van der Waals surface area contributed by atoms with Gasteiger partial charge in [0.25, 0.3) is 5.91 Å². The Hall–Kier alpha value is -3.15. The van der Waals surface area contributed by atoms with Crippen molar-refractivity contribution >= 4 is 23.4 Å². The van der Waals surface area contributed by atoms with Crippen LogP contribution < -0.4 is 5.32 Å². The van der Waals surface area contributed by atoms with Crippen LogP contribution in [-0.4, -0.2) is 46.1 Å². The van der Waals surface area contributed by atoms with Crippen molar-refractivity contribution in [2.24, 2.45) is 5.92 Å². The predicted octanol–water partition coefficient (Wildman–Crippen LogP) is 4.61. The minimum Gasteiger partial charge on any atom is -0.338 e. The van der Waals surface area contributed by atoms with Gasteiger partial charge >= 0.3 is 0 Å². The van der Waals surface area contributed by atoms with Crippen LogP contribution >= 0.6 is 0 Å². The molecule has 1 saturated carbocycles. The largest absolute Gasteiger partial charge is 0.338 e. The number of hydrogen-bond donors (Lipinski definition) is 1. The molecule has 34 heavy (non-hydrogen) atoms. The molecule has 2 aliphatic heterocycles. The van der Waals surface area contributed by atoms with Crippen LogP contribution in [0.2, 0.25) is 0 Å². The Labute approximate surface area is 201 Å². The third kappa shape index (κ3) is 4.72. The van der Waals surface area contributed by atoms with Crippen LogP contribution in [-0.2, 0) is 16.1 Å². The van der Waals surface area contributed by atoms with Gasteiger partial charge in [-0.3, -0.25) is 14.4 Å². The summed E-state index contributed by atoms with van der Waals surface area (Å²) in [6, 6.07) is 16.7. The van der Waals surface area contributed by atoms with Gasteiger partial charge in [-0.15, -0.1) is 0 Å². The van der Waals surface area contributed by atoms with E-state index in [9.17, 15) is 14.4 Å². The van der Waals surface area contributed by atoms with Gasteiger partial charge in [0, 0.05) is 36.8 Å². The molecule has 0 spiro atoms. The van der Waals surface area contributed by atoms with E-state index >= 15 is 0 Å². The number of nitrogens with zero attached hydrogens (tertiary/aromatic N) is 2. The van der Waals surface area contributed by atoms with Crippen LogP contribution in [0.1, 0.15) is 67.3 Å². The van der Waals surface area contributed by atoms with Crippen molar-refractivity contribution in [3.8, 4) is 0 Å². The van der Waals surface area contributed by atoms with Crippen molar-refractivity contribution in [2.75, 3.05) is 11.9 Å². The fourth-order valence-electron chi connectivity index (χ4n) is 5.94. The summed E-state index contributed by atoms with van der Waals surface area (Å²) in [5, 5.41) is 3.08. The second-order valence-corrected chi connectivity index (χ2v) is 9.90. The van der Waals surface area contributed by atoms with E-state index in [1.54, 1.807) is 0 Å². The maximum absolute atomic E-state index is 13.5. The summed E-state index contributed by atoms with van der Waals surface area (Å²) in [6.45, 7) is 1.35. The van der Waals surface area contributed by atoms with E-state index in [-0.39, 0.29) is 23.8 Å². The topological polar surface area (TPSA) is 69.7 Å². The number of hydrogen-bond acceptors (Lipinski definition) is 3. The average molecular weight is 460 g/mol. The zero-order chi connectivity index (χ0) is 23.5. The molecule has 3 aliphatic rings. The molecule has 2 aromatic carbocycles. The number of anilines is 1. The molecule has 6 nitrogen and oxygen atoms in total. The monoisotopic (exact) mass is 459 g/mol. The van der Waals surface area contributed by atoms with Gasteiger partial charge in [0.1, 0.15) is 6.04 Å². The van der Waals surface area contributed by atoms with E-state index in [1.807, 2.05) is 64.4 Å². The van der Waals surface area contributed by atoms with Crippen LogP contribution in [0.25, 0.3) is 0 Å². The minimum absolute atomic E-state index is 0.0486. The van der Waals surface area contributed by atoms with Crippen LogP contribution in [0.5, 0.6) is 0 Å². The fourth-order valence-corrected chi connectivity index (χ4v) is 5.94. The Bertz CT molecular complexity index is 1050. The first-order valence-electron chi connectivity index (χ1n) is 12.7. The first-order valence-corrected chi connectivity index (χ1v) is 12.7. The van der Waals surface area contributed by atoms with E-state index in [0.717, 1.165) is 50.6 Å². The first-order chi connectivity index (χ1) is 16.6. The van der Waals surface area contributed by atoms with E-state index < -0.39 is 6.04 Å². The molecular formula is C28H33N3O3. The maximum atomic E-state index is 13.5. The lowest BCUT2D eigenvalue weighted by molar-refractivity contribution is -0.133. The van der Waals surface area contributed by atoms with Crippen molar-refractivity contribution in [1.82, 2.24) is 9.80 Å². The molecule has 3 unspecified atom stereocenters. The molecule has 2 heterocycles. The molecule has 2 saturated heterocycles. The average Bonchev–Trinajstić information content (AvgIpc) is 3.26. The Morgan fingerprint density at radius 1 is 0.941 bits per heavy atom. The summed E-state index contributed by atoms with van der Waals surface area (Å²) in [5.41, 5.74) is 2.36. The van der Waals surface area contributed by atoms with Crippen molar-refractivity contribution in [2.45, 2.75) is 70.0 Å². The summed E-state index contributed by atoms with van der Waals surface area (Å²) in [7, 11) is 0. The fraction of sp³-hybridized carbons (Fsp3) is 0.464. The summed E-state index contributed by atoms with van der Waals surface area (Å²) in [6.07, 6.45) is 7.65. The number of nitrogens with one attached hydrogen (secondary N) is 1. The van der Waals surface area contributed by atoms with Gasteiger partial charge in [-0.2, -0.15) is 0 Å². The van der Waals surface area contributed by atoms with Crippen molar-refractivity contribution < 1.29 is 14.4 Å². The smallest absolute Gasteiger partial charge is 0.254 e. The molecule has 178 valence electrons. The highest BCUT2D eigenvalue weighted by Gasteiger charge is 2.47. The minimum atomic E-state index is -0.465. The van der Waals surface area contributed by atoms with Gasteiger partial charge in [-0.25, -0.2) is 0 Å². The number of piperidine rings is 1. The molecule has 3 fully saturated rings. The zero-order valence-electron chi connectivity index (χ0n) is 19.6. The van der Waals surface area contributed by atoms with Crippen molar-refractivity contribution in [3.05, 3.63) is 65.7 Å². The molecular weight excluding hydrogens is 426 g/mol. The lowest BCUT2D eigenvalue weighted by atomic mass is 9.84. The molecule has 5 rings (SSSR count). The number of amides is 3. The molecule has 0 bridgehead atoms. The lowest BCUT2D eigenvalue weighted by Gasteiger charge is -2.33. The van der Waals surface area contributed by atoms with Gasteiger partial charge in [0.05, 0.1) is 0 Å². The predicted molar refractivity (Wildman–Crippen MR) is 131 cm³/mol. The number of carbonyl (C=O) groups excluding carboxylic acids is 3. The molecule has 3 amide bonds. The SMILES string of the molecule is O=C(Nc1cccc(CN2CCCCC2=O)c1)C1CC2CCCCC2N1C(=O)c1ccccc1. The molecule has 1 N–H and O–H groups in total. The number of fused-ring (bicyclic) bond motifs is 1. The van der Waals surface area contributed by atoms with E-state index in [1.165, 1.54) is 6.42 Å². The zero-order valence-corrected chi connectivity index (χ0v) is 19.6. The van der Waals surface area contributed by atoms with Crippen LogP contribution in [0.4, 0.5) is 5.69 Å². The molecule has 6 heteroatoms. The third-order valence-electron chi connectivity index (χ3n) is 7.64. The summed E-state index contributed by atoms with van der Waals surface area (Å²) < 4.78 is 0. The quantitative estimate of drug-likeness (QED) is 0.710. The van der Waals surface area contributed by atoms with E-state index in [4.69, 9.17) is 0 Å². The first kappa shape index (κ1) is 22.6. The Morgan fingerprint density at radius 3 is 2.59 bits per heavy atom. The molecule has 2 aromatic rings. The number of rotatable bonds is 5. The Kier molecular flexibility index (Phi) is 6.66. The lowest BCUT2D eigenvalue weighted by Crippen LogP contribution is -2.47. The summed E-state index contributed by atoms with van der Waals surface area (Å²) in [4.78, 5) is 42.9. The summed E-state index contributed by atoms with van der Waals surface area (Å²) in [5.74, 6) is 0.412. The Morgan fingerprint density at radius 2 is 1.76 bits per heavy atom. The molecule has 0 aromatic heterocycles. The highest BCUT2D eigenvalue weighted by molar-refractivity contribution is 6.02. The normalized spacial score (nSPS) is 24.6. The number of carbonyl (C=O) groups is 3. The van der Waals surface area contributed by atoms with E-state index in [0.29, 0.717) is 30.1 Å². The van der Waals surface area contributed by atoms with Crippen molar-refractivity contribution in [3.63, 3.8) is 0 Å². The molecule has 0 radical (unpaired) electrons. The second-order valence-electron chi connectivity index (χ2n) is 9.90. The van der Waals surface area contributed by atoms with Gasteiger partial charge < -0.3 is 15.1 Å². The second kappa shape index (κ2) is 10.00. The van der Waals surface area contributed by atoms with Gasteiger partial charge in [-0.1, -0.05) is 43.2 Å². The standard InChI is InChI=1S/C28H33N3O3/c32-26-15-6-7-16-30(26)19-20-9-8-13-23(17-20)29-27(33)25-18-22-12-4-5-14-24(22)31(25)28(34)21-10-2-1-3-11-21/h1-3,8-11,13,17,22,24-25H,4-7,12,14-16,18-19H2,(H,29,33). The maximum Gasteiger partial charge on any atom is 0.254 e. The number of benzene rings is 2. The van der Waals surface area contributed by atoms with Gasteiger partial charge in [-0.05, 0) is 67.9 Å². The van der Waals surface area contributed by atoms with Crippen molar-refractivity contribution in [1.29, 1.82) is 0 Å². The van der Waals surface area contributed by atoms with Crippen LogP contribution in [0.3, 0.4) is 0 Å². The molecule has 1 aliphatic carbocycles. The highest BCUT2D eigenvalue weighted by atomic mass is 16.2. The van der Waals surface area contributed by atoms with E-state index in [2.05, 4.69) is 5.32 Å². The van der Waals surface area contributed by atoms with Crippen LogP contribution in [0, 0.1) is 5.92 Å². The number of likely N-dealkylation sites (tertiary alicyclic amines) is 2. The summed E-state index contributed by atoms with van der Waals surface area (Å²) >= 11 is 0. The third-order valence-corrected chi connectivity index (χ3v) is 7.64. The van der Waals surface area contributed by atoms with Crippen LogP contribution in [0.15, 0.2) is 54.6 Å². The van der Waals surface area contributed by atoms with Gasteiger partial charge in [0.15, 0.2) is 0 Å². The van der Waals surface area contributed by atoms with Gasteiger partial charge in [0.2, 0.25) is 11.8 Å².